The zero-order valence-electron chi connectivity index (χ0n) is 11.2. The Labute approximate surface area is 120 Å². The van der Waals surface area contributed by atoms with E-state index in [1.807, 2.05) is 28.1 Å². The Kier molecular flexibility index (Phi) is 360. The summed E-state index contributed by atoms with van der Waals surface area (Å²) >= 11 is 0. The number of hydrogen-bond acceptors (Lipinski definition) is 4. The average Bonchev–Trinajstić information content (AvgIpc) is 2.20. The molecule has 0 aromatic carbocycles. The fraction of sp³-hybridized carbons (Fsp3) is 1.00. The van der Waals surface area contributed by atoms with Gasteiger partial charge in [0.1, 0.15) is 0 Å². The van der Waals surface area contributed by atoms with Crippen LogP contribution in [-0.4, -0.2) is 55.6 Å². The number of nitrogens with one attached hydrogen (secondary N) is 2. The molecule has 4 nitrogen and oxygen atoms in total. The molecule has 0 aliphatic carbocycles. The highest BCUT2D eigenvalue weighted by molar-refractivity contribution is 4.15. The monoisotopic (exact) mass is 274 g/mol. The van der Waals surface area contributed by atoms with E-state index in [0.29, 0.717) is 0 Å². The van der Waals surface area contributed by atoms with Gasteiger partial charge in [-0.15, -0.1) is 0 Å². The lowest BCUT2D eigenvalue weighted by Gasteiger charge is -1.76. The second-order valence-corrected chi connectivity index (χ2v) is 2.19. The second-order valence-electron chi connectivity index (χ2n) is 2.19. The minimum Gasteiger partial charge on any atom is -0.388 e. The first kappa shape index (κ1) is 52.3. The highest BCUT2D eigenvalue weighted by atomic mass is 16.5. The SMILES string of the molecule is C.C.C.C.CCNC.CCOC.CNC.COC. The van der Waals surface area contributed by atoms with Gasteiger partial charge < -0.3 is 20.1 Å². The third-order valence-electron chi connectivity index (χ3n) is 0.642. The van der Waals surface area contributed by atoms with Crippen molar-refractivity contribution in [2.45, 2.75) is 43.6 Å². The molecule has 2 N–H and O–H groups in total. The van der Waals surface area contributed by atoms with Gasteiger partial charge >= 0.3 is 0 Å². The van der Waals surface area contributed by atoms with Gasteiger partial charge in [-0.25, -0.2) is 0 Å². The van der Waals surface area contributed by atoms with Crippen LogP contribution in [0.4, 0.5) is 0 Å². The summed E-state index contributed by atoms with van der Waals surface area (Å²) in [5.74, 6) is 0. The van der Waals surface area contributed by atoms with Crippen molar-refractivity contribution in [1.82, 2.24) is 10.6 Å². The van der Waals surface area contributed by atoms with E-state index in [9.17, 15) is 0 Å². The van der Waals surface area contributed by atoms with Gasteiger partial charge in [-0.1, -0.05) is 36.6 Å². The summed E-state index contributed by atoms with van der Waals surface area (Å²) in [6.07, 6.45) is 0. The molecule has 0 amide bonds. The van der Waals surface area contributed by atoms with Gasteiger partial charge in [0.15, 0.2) is 0 Å². The summed E-state index contributed by atoms with van der Waals surface area (Å²) in [5.41, 5.74) is 0. The van der Waals surface area contributed by atoms with Crippen LogP contribution in [0.15, 0.2) is 0 Å². The minimum atomic E-state index is 0. The van der Waals surface area contributed by atoms with E-state index in [1.54, 1.807) is 21.3 Å². The highest BCUT2D eigenvalue weighted by Crippen LogP contribution is 1.52. The summed E-state index contributed by atoms with van der Waals surface area (Å²) in [6, 6.07) is 0. The van der Waals surface area contributed by atoms with Crippen LogP contribution in [0.3, 0.4) is 0 Å². The van der Waals surface area contributed by atoms with Gasteiger partial charge in [-0.2, -0.15) is 0 Å². The molecular formula is C14H46N2O2. The number of ether oxygens (including phenoxy) is 2. The van der Waals surface area contributed by atoms with Crippen molar-refractivity contribution in [1.29, 1.82) is 0 Å². The molecule has 0 aromatic rings. The van der Waals surface area contributed by atoms with Crippen molar-refractivity contribution >= 4 is 0 Å². The van der Waals surface area contributed by atoms with Crippen molar-refractivity contribution in [2.24, 2.45) is 0 Å². The minimum absolute atomic E-state index is 0. The topological polar surface area (TPSA) is 42.5 Å². The molecule has 0 unspecified atom stereocenters. The normalized spacial score (nSPS) is 5.33. The van der Waals surface area contributed by atoms with Gasteiger partial charge in [-0.05, 0) is 34.6 Å². The molecule has 0 atom stereocenters. The number of hydrogen-bond donors (Lipinski definition) is 2. The third-order valence-corrected chi connectivity index (χ3v) is 0.642. The van der Waals surface area contributed by atoms with E-state index in [0.717, 1.165) is 13.2 Å². The highest BCUT2D eigenvalue weighted by Gasteiger charge is 1.51. The second kappa shape index (κ2) is 124. The van der Waals surface area contributed by atoms with E-state index in [1.165, 1.54) is 0 Å². The van der Waals surface area contributed by atoms with Crippen LogP contribution in [0.5, 0.6) is 0 Å². The maximum absolute atomic E-state index is 4.54. The van der Waals surface area contributed by atoms with Gasteiger partial charge in [0.05, 0.1) is 0 Å². The first-order chi connectivity index (χ1) is 6.66. The number of rotatable bonds is 2. The molecular weight excluding hydrogens is 228 g/mol. The van der Waals surface area contributed by atoms with E-state index >= 15 is 0 Å². The van der Waals surface area contributed by atoms with Crippen LogP contribution in [0.2, 0.25) is 0 Å². The summed E-state index contributed by atoms with van der Waals surface area (Å²) in [4.78, 5) is 0. The summed E-state index contributed by atoms with van der Waals surface area (Å²) in [6.45, 7) is 5.92. The van der Waals surface area contributed by atoms with E-state index in [4.69, 9.17) is 0 Å². The fourth-order valence-corrected chi connectivity index (χ4v) is 0. The van der Waals surface area contributed by atoms with Crippen LogP contribution >= 0.6 is 0 Å². The van der Waals surface area contributed by atoms with Crippen LogP contribution in [0, 0.1) is 0 Å². The molecule has 0 radical (unpaired) electrons. The zero-order valence-corrected chi connectivity index (χ0v) is 11.2. The lowest BCUT2D eigenvalue weighted by Crippen LogP contribution is -2.01. The standard InChI is InChI=1S/C3H9N.C3H8O.C2H7N.C2H6O.4CH4/c2*1-3-4-2;2*1-3-2;;;;/h4H,3H2,1-2H3;3H2,1-2H3;3H,1-2H3;1-2H3;4*1H4. The van der Waals surface area contributed by atoms with Gasteiger partial charge in [-0.3, -0.25) is 0 Å². The van der Waals surface area contributed by atoms with Crippen LogP contribution < -0.4 is 10.6 Å². The Balaban J connectivity index is -0.0000000116. The van der Waals surface area contributed by atoms with Crippen LogP contribution in [0.1, 0.15) is 43.6 Å². The molecule has 0 fully saturated rings. The molecule has 0 aliphatic heterocycles. The van der Waals surface area contributed by atoms with Gasteiger partial charge in [0, 0.05) is 27.9 Å². The van der Waals surface area contributed by atoms with E-state index in [2.05, 4.69) is 27.0 Å². The first-order valence-corrected chi connectivity index (χ1v) is 4.78. The van der Waals surface area contributed by atoms with Gasteiger partial charge in [0.2, 0.25) is 0 Å². The number of methoxy groups -OCH3 is 2. The maximum Gasteiger partial charge on any atom is 0.0433 e. The lowest BCUT2D eigenvalue weighted by molar-refractivity contribution is 0.215. The maximum atomic E-state index is 4.54. The van der Waals surface area contributed by atoms with Crippen LogP contribution in [-0.2, 0) is 9.47 Å². The predicted octanol–water partition coefficient (Wildman–Crippen LogP) is 3.52. The molecule has 0 bridgehead atoms. The summed E-state index contributed by atoms with van der Waals surface area (Å²) in [7, 11) is 10.6. The van der Waals surface area contributed by atoms with E-state index in [-0.39, 0.29) is 29.7 Å². The lowest BCUT2D eigenvalue weighted by atomic mass is 10.8. The Hall–Kier alpha value is -0.160. The Bertz CT molecular complexity index is 38.8. The smallest absolute Gasteiger partial charge is 0.0433 e. The Morgan fingerprint density at radius 2 is 0.889 bits per heavy atom. The molecule has 0 heterocycles. The molecule has 0 rings (SSSR count). The summed E-state index contributed by atoms with van der Waals surface area (Å²) in [5, 5.41) is 5.68. The molecule has 0 aromatic heterocycles. The Morgan fingerprint density at radius 3 is 0.889 bits per heavy atom. The van der Waals surface area contributed by atoms with Gasteiger partial charge in [0.25, 0.3) is 0 Å². The largest absolute Gasteiger partial charge is 0.388 e. The first-order valence-electron chi connectivity index (χ1n) is 4.78. The molecule has 0 aliphatic rings. The molecule has 0 spiro atoms. The predicted molar refractivity (Wildman–Crippen MR) is 92.0 cm³/mol. The van der Waals surface area contributed by atoms with Crippen molar-refractivity contribution in [3.8, 4) is 0 Å². The summed E-state index contributed by atoms with van der Waals surface area (Å²) < 4.78 is 8.79. The average molecular weight is 275 g/mol. The molecule has 0 saturated carbocycles. The van der Waals surface area contributed by atoms with Crippen molar-refractivity contribution < 1.29 is 9.47 Å². The zero-order chi connectivity index (χ0) is 12.2. The van der Waals surface area contributed by atoms with Crippen molar-refractivity contribution in [3.63, 3.8) is 0 Å². The third kappa shape index (κ3) is 1030. The fourth-order valence-electron chi connectivity index (χ4n) is 0. The van der Waals surface area contributed by atoms with Crippen LogP contribution in [0.25, 0.3) is 0 Å². The Morgan fingerprint density at radius 1 is 0.778 bits per heavy atom. The molecule has 124 valence electrons. The van der Waals surface area contributed by atoms with E-state index < -0.39 is 0 Å². The molecule has 0 saturated heterocycles. The quantitative estimate of drug-likeness (QED) is 0.808. The molecule has 4 heteroatoms. The van der Waals surface area contributed by atoms with Crippen molar-refractivity contribution in [3.05, 3.63) is 0 Å². The van der Waals surface area contributed by atoms with Crippen molar-refractivity contribution in [2.75, 3.05) is 55.6 Å². The molecule has 18 heavy (non-hydrogen) atoms.